The molecule has 0 bridgehead atoms. The van der Waals surface area contributed by atoms with Gasteiger partial charge in [-0.25, -0.2) is 0 Å². The van der Waals surface area contributed by atoms with Gasteiger partial charge < -0.3 is 19.4 Å². The van der Waals surface area contributed by atoms with Crippen molar-refractivity contribution >= 4 is 23.2 Å². The van der Waals surface area contributed by atoms with Gasteiger partial charge in [0.2, 0.25) is 11.8 Å². The number of nitrogens with zero attached hydrogens (tertiary/aromatic N) is 1. The number of benzene rings is 1. The molecule has 0 aliphatic carbocycles. The summed E-state index contributed by atoms with van der Waals surface area (Å²) in [5.41, 5.74) is 0.645. The molecule has 0 atom stereocenters. The summed E-state index contributed by atoms with van der Waals surface area (Å²) in [6, 6.07) is 8.90. The largest absolute Gasteiger partial charge is 0.490 e. The maximum Gasteiger partial charge on any atom is 0.235 e. The van der Waals surface area contributed by atoms with Gasteiger partial charge in [0.25, 0.3) is 0 Å². The Labute approximate surface area is 146 Å². The number of furan rings is 1. The molecule has 2 heterocycles. The van der Waals surface area contributed by atoms with Crippen molar-refractivity contribution in [1.82, 2.24) is 0 Å². The molecule has 6 nitrogen and oxygen atoms in total. The molecule has 132 valence electrons. The average molecular weight is 342 g/mol. The number of carbonyl (C=O) groups is 2. The zero-order chi connectivity index (χ0) is 18.2. The summed E-state index contributed by atoms with van der Waals surface area (Å²) >= 11 is 0. The first-order valence-electron chi connectivity index (χ1n) is 8.16. The van der Waals surface area contributed by atoms with Gasteiger partial charge in [-0.1, -0.05) is 0 Å². The van der Waals surface area contributed by atoms with Crippen LogP contribution >= 0.6 is 0 Å². The van der Waals surface area contributed by atoms with E-state index in [1.54, 1.807) is 36.2 Å². The van der Waals surface area contributed by atoms with Crippen LogP contribution in [0.1, 0.15) is 25.4 Å². The topological polar surface area (TPSA) is 71.8 Å². The third-order valence-corrected chi connectivity index (χ3v) is 4.21. The van der Waals surface area contributed by atoms with Gasteiger partial charge in [0.1, 0.15) is 23.9 Å². The number of hydrogen-bond donors (Lipinski definition) is 1. The Bertz CT molecular complexity index is 823. The van der Waals surface area contributed by atoms with Crippen LogP contribution in [0, 0.1) is 12.3 Å². The summed E-state index contributed by atoms with van der Waals surface area (Å²) in [5, 5.41) is 2.83. The number of ether oxygens (including phenoxy) is 1. The Kier molecular flexibility index (Phi) is 4.29. The molecule has 2 aromatic rings. The highest BCUT2D eigenvalue weighted by molar-refractivity contribution is 6.00. The SMILES string of the molecule is Cc1ccc(CC(=O)Nc2ccc3c(c2)N(C)C(=O)C(C)(C)CO3)o1. The van der Waals surface area contributed by atoms with Crippen molar-refractivity contribution in [2.24, 2.45) is 5.41 Å². The Morgan fingerprint density at radius 1 is 1.28 bits per heavy atom. The lowest BCUT2D eigenvalue weighted by Crippen LogP contribution is -2.39. The molecule has 0 unspecified atom stereocenters. The minimum absolute atomic E-state index is 0.0270. The molecule has 1 aromatic carbocycles. The highest BCUT2D eigenvalue weighted by Gasteiger charge is 2.36. The third-order valence-electron chi connectivity index (χ3n) is 4.21. The van der Waals surface area contributed by atoms with Gasteiger partial charge in [0.05, 0.1) is 17.5 Å². The van der Waals surface area contributed by atoms with Gasteiger partial charge in [-0.15, -0.1) is 0 Å². The predicted molar refractivity (Wildman–Crippen MR) is 94.9 cm³/mol. The standard InChI is InChI=1S/C19H22N2O4/c1-12-5-7-14(25-12)10-17(22)20-13-6-8-16-15(9-13)21(4)18(23)19(2,3)11-24-16/h5-9H,10-11H2,1-4H3,(H,20,22). The van der Waals surface area contributed by atoms with E-state index in [0.717, 1.165) is 5.76 Å². The second-order valence-electron chi connectivity index (χ2n) is 6.96. The smallest absolute Gasteiger partial charge is 0.235 e. The van der Waals surface area contributed by atoms with Gasteiger partial charge in [-0.2, -0.15) is 0 Å². The third kappa shape index (κ3) is 3.52. The van der Waals surface area contributed by atoms with Gasteiger partial charge in [0, 0.05) is 12.7 Å². The van der Waals surface area contributed by atoms with Crippen LogP contribution < -0.4 is 15.0 Å². The van der Waals surface area contributed by atoms with Crippen LogP contribution in [0.2, 0.25) is 0 Å². The van der Waals surface area contributed by atoms with Gasteiger partial charge in [-0.05, 0) is 51.1 Å². The first kappa shape index (κ1) is 17.1. The number of amides is 2. The van der Waals surface area contributed by atoms with Crippen molar-refractivity contribution in [2.45, 2.75) is 27.2 Å². The van der Waals surface area contributed by atoms with E-state index in [9.17, 15) is 9.59 Å². The lowest BCUT2D eigenvalue weighted by molar-refractivity contribution is -0.127. The summed E-state index contributed by atoms with van der Waals surface area (Å²) < 4.78 is 11.2. The Balaban J connectivity index is 1.78. The number of aryl methyl sites for hydroxylation is 1. The molecule has 25 heavy (non-hydrogen) atoms. The summed E-state index contributed by atoms with van der Waals surface area (Å²) in [7, 11) is 1.72. The van der Waals surface area contributed by atoms with E-state index in [1.165, 1.54) is 0 Å². The maximum atomic E-state index is 12.6. The Morgan fingerprint density at radius 3 is 2.72 bits per heavy atom. The van der Waals surface area contributed by atoms with E-state index in [4.69, 9.17) is 9.15 Å². The Hall–Kier alpha value is -2.76. The maximum absolute atomic E-state index is 12.6. The van der Waals surface area contributed by atoms with Crippen molar-refractivity contribution in [1.29, 1.82) is 0 Å². The monoisotopic (exact) mass is 342 g/mol. The van der Waals surface area contributed by atoms with Crippen LogP contribution in [0.3, 0.4) is 0 Å². The molecular formula is C19H22N2O4. The number of carbonyl (C=O) groups excluding carboxylic acids is 2. The molecule has 3 rings (SSSR count). The zero-order valence-electron chi connectivity index (χ0n) is 14.9. The fourth-order valence-electron chi connectivity index (χ4n) is 2.81. The second-order valence-corrected chi connectivity index (χ2v) is 6.96. The molecule has 1 aliphatic rings. The molecule has 0 saturated carbocycles. The lowest BCUT2D eigenvalue weighted by Gasteiger charge is -2.24. The van der Waals surface area contributed by atoms with Crippen molar-refractivity contribution in [3.8, 4) is 5.75 Å². The molecule has 6 heteroatoms. The number of anilines is 2. The molecule has 0 radical (unpaired) electrons. The van der Waals surface area contributed by atoms with Crippen molar-refractivity contribution < 1.29 is 18.7 Å². The van der Waals surface area contributed by atoms with Gasteiger partial charge in [0.15, 0.2) is 0 Å². The molecule has 1 N–H and O–H groups in total. The summed E-state index contributed by atoms with van der Waals surface area (Å²) in [6.45, 7) is 5.85. The highest BCUT2D eigenvalue weighted by atomic mass is 16.5. The van der Waals surface area contributed by atoms with Gasteiger partial charge in [-0.3, -0.25) is 9.59 Å². The van der Waals surface area contributed by atoms with Crippen LogP contribution in [-0.4, -0.2) is 25.5 Å². The molecule has 0 spiro atoms. The van der Waals surface area contributed by atoms with E-state index in [0.29, 0.717) is 29.5 Å². The molecule has 2 amide bonds. The van der Waals surface area contributed by atoms with E-state index in [1.807, 2.05) is 26.8 Å². The van der Waals surface area contributed by atoms with E-state index in [2.05, 4.69) is 5.32 Å². The summed E-state index contributed by atoms with van der Waals surface area (Å²) in [6.07, 6.45) is 0.156. The fraction of sp³-hybridized carbons (Fsp3) is 0.368. The van der Waals surface area contributed by atoms with Crippen molar-refractivity contribution in [2.75, 3.05) is 23.9 Å². The number of nitrogens with one attached hydrogen (secondary N) is 1. The first-order chi connectivity index (χ1) is 11.8. The highest BCUT2D eigenvalue weighted by Crippen LogP contribution is 2.37. The Morgan fingerprint density at radius 2 is 2.04 bits per heavy atom. The minimum atomic E-state index is -0.603. The van der Waals surface area contributed by atoms with Gasteiger partial charge >= 0.3 is 0 Å². The van der Waals surface area contributed by atoms with E-state index < -0.39 is 5.41 Å². The van der Waals surface area contributed by atoms with Crippen molar-refractivity contribution in [3.05, 3.63) is 41.9 Å². The lowest BCUT2D eigenvalue weighted by atomic mass is 9.93. The number of fused-ring (bicyclic) bond motifs is 1. The molecule has 1 aromatic heterocycles. The fourth-order valence-corrected chi connectivity index (χ4v) is 2.81. The van der Waals surface area contributed by atoms with E-state index in [-0.39, 0.29) is 18.2 Å². The van der Waals surface area contributed by atoms with Crippen LogP contribution in [0.25, 0.3) is 0 Å². The average Bonchev–Trinajstić information content (AvgIpc) is 2.93. The minimum Gasteiger partial charge on any atom is -0.490 e. The van der Waals surface area contributed by atoms with Crippen LogP contribution in [0.4, 0.5) is 11.4 Å². The zero-order valence-corrected chi connectivity index (χ0v) is 14.9. The van der Waals surface area contributed by atoms with Crippen LogP contribution in [0.15, 0.2) is 34.7 Å². The molecule has 0 fully saturated rings. The number of hydrogen-bond acceptors (Lipinski definition) is 4. The first-order valence-corrected chi connectivity index (χ1v) is 8.16. The number of rotatable bonds is 3. The normalized spacial score (nSPS) is 16.0. The predicted octanol–water partition coefficient (Wildman–Crippen LogP) is 3.15. The van der Waals surface area contributed by atoms with Crippen LogP contribution in [-0.2, 0) is 16.0 Å². The molecule has 1 aliphatic heterocycles. The molecule has 0 saturated heterocycles. The van der Waals surface area contributed by atoms with E-state index >= 15 is 0 Å². The van der Waals surface area contributed by atoms with Crippen LogP contribution in [0.5, 0.6) is 5.75 Å². The molecular weight excluding hydrogens is 320 g/mol. The second kappa shape index (κ2) is 6.27. The quantitative estimate of drug-likeness (QED) is 0.930. The summed E-state index contributed by atoms with van der Waals surface area (Å²) in [5.74, 6) is 1.80. The van der Waals surface area contributed by atoms with Crippen molar-refractivity contribution in [3.63, 3.8) is 0 Å². The summed E-state index contributed by atoms with van der Waals surface area (Å²) in [4.78, 5) is 26.3.